The van der Waals surface area contributed by atoms with Crippen LogP contribution >= 0.6 is 11.6 Å². The van der Waals surface area contributed by atoms with Crippen LogP contribution in [0.4, 0.5) is 11.4 Å². The van der Waals surface area contributed by atoms with Crippen molar-refractivity contribution >= 4 is 28.9 Å². The molecule has 0 unspecified atom stereocenters. The van der Waals surface area contributed by atoms with Gasteiger partial charge in [0.2, 0.25) is 0 Å². The van der Waals surface area contributed by atoms with Gasteiger partial charge in [-0.2, -0.15) is 0 Å². The van der Waals surface area contributed by atoms with Gasteiger partial charge >= 0.3 is 0 Å². The summed E-state index contributed by atoms with van der Waals surface area (Å²) < 4.78 is 17.3. The second-order valence-electron chi connectivity index (χ2n) is 8.23. The minimum Gasteiger partial charge on any atom is -0.488 e. The van der Waals surface area contributed by atoms with Crippen LogP contribution in [-0.2, 0) is 22.3 Å². The molecule has 9 heteroatoms. The molecule has 3 aromatic rings. The Morgan fingerprint density at radius 2 is 2.21 bits per heavy atom. The lowest BCUT2D eigenvalue weighted by molar-refractivity contribution is -0.101. The Hall–Kier alpha value is -3.07. The molecule has 5 rings (SSSR count). The average molecular weight is 483 g/mol. The molecule has 1 fully saturated rings. The highest BCUT2D eigenvalue weighted by Gasteiger charge is 2.29. The van der Waals surface area contributed by atoms with Crippen LogP contribution < -0.4 is 15.4 Å². The number of hydrogen-bond acceptors (Lipinski definition) is 6. The lowest BCUT2D eigenvalue weighted by atomic mass is 10.0. The molecular formula is C25H27ClN4O4. The number of carbonyl (C=O) groups excluding carboxylic acids is 1. The first-order valence-electron chi connectivity index (χ1n) is 11.5. The Labute approximate surface area is 203 Å². The van der Waals surface area contributed by atoms with Gasteiger partial charge in [0.05, 0.1) is 43.0 Å². The molecule has 1 amide bonds. The summed E-state index contributed by atoms with van der Waals surface area (Å²) in [6.45, 7) is 4.63. The van der Waals surface area contributed by atoms with Gasteiger partial charge in [0, 0.05) is 41.1 Å². The van der Waals surface area contributed by atoms with Gasteiger partial charge in [0.1, 0.15) is 18.5 Å². The maximum atomic E-state index is 12.9. The number of aromatic nitrogens is 2. The molecule has 2 aliphatic rings. The smallest absolute Gasteiger partial charge is 0.255 e. The molecule has 1 aromatic carbocycles. The number of amides is 1. The fraction of sp³-hybridized carbons (Fsp3) is 0.360. The van der Waals surface area contributed by atoms with Crippen molar-refractivity contribution < 1.29 is 19.0 Å². The van der Waals surface area contributed by atoms with Crippen molar-refractivity contribution in [2.45, 2.75) is 25.9 Å². The lowest BCUT2D eigenvalue weighted by Gasteiger charge is -2.23. The first-order chi connectivity index (χ1) is 16.7. The van der Waals surface area contributed by atoms with Crippen LogP contribution in [0.2, 0.25) is 5.02 Å². The second-order valence-corrected chi connectivity index (χ2v) is 8.64. The summed E-state index contributed by atoms with van der Waals surface area (Å²) in [5, 5.41) is 7.14. The normalized spacial score (nSPS) is 17.7. The summed E-state index contributed by atoms with van der Waals surface area (Å²) in [6.07, 6.45) is 4.72. The number of nitrogens with zero attached hydrogens (tertiary/aromatic N) is 1. The predicted molar refractivity (Wildman–Crippen MR) is 130 cm³/mol. The number of halogens is 1. The van der Waals surface area contributed by atoms with Gasteiger partial charge in [0.25, 0.3) is 5.91 Å². The van der Waals surface area contributed by atoms with E-state index in [1.807, 2.05) is 24.3 Å². The summed E-state index contributed by atoms with van der Waals surface area (Å²) in [5.74, 6) is 0.483. The highest BCUT2D eigenvalue weighted by molar-refractivity contribution is 6.31. The molecule has 0 saturated carbocycles. The maximum absolute atomic E-state index is 12.9. The largest absolute Gasteiger partial charge is 0.488 e. The van der Waals surface area contributed by atoms with E-state index < -0.39 is 0 Å². The summed E-state index contributed by atoms with van der Waals surface area (Å²) in [4.78, 5) is 20.6. The SMILES string of the molecule is CCc1c(Cl)cccc1Nc1c(-c2ccncc2OC[C@@H]2COCCO2)[nH]c2c1C(=O)NCC2. The number of rotatable bonds is 7. The van der Waals surface area contributed by atoms with Crippen molar-refractivity contribution in [3.8, 4) is 17.0 Å². The zero-order valence-corrected chi connectivity index (χ0v) is 19.7. The van der Waals surface area contributed by atoms with E-state index in [4.69, 9.17) is 25.8 Å². The van der Waals surface area contributed by atoms with Crippen LogP contribution in [-0.4, -0.2) is 55.0 Å². The third kappa shape index (κ3) is 4.49. The molecule has 2 aromatic heterocycles. The molecule has 3 N–H and O–H groups in total. The van der Waals surface area contributed by atoms with Crippen molar-refractivity contribution in [2.24, 2.45) is 0 Å². The number of ether oxygens (including phenoxy) is 3. The van der Waals surface area contributed by atoms with Crippen LogP contribution in [0.5, 0.6) is 5.75 Å². The van der Waals surface area contributed by atoms with E-state index in [2.05, 4.69) is 27.5 Å². The van der Waals surface area contributed by atoms with Crippen molar-refractivity contribution in [2.75, 3.05) is 38.3 Å². The van der Waals surface area contributed by atoms with E-state index in [9.17, 15) is 4.79 Å². The van der Waals surface area contributed by atoms with Crippen LogP contribution in [0, 0.1) is 0 Å². The minimum absolute atomic E-state index is 0.115. The van der Waals surface area contributed by atoms with E-state index in [0.717, 1.165) is 34.6 Å². The Balaban J connectivity index is 1.55. The highest BCUT2D eigenvalue weighted by atomic mass is 35.5. The molecule has 4 heterocycles. The molecule has 1 saturated heterocycles. The van der Waals surface area contributed by atoms with E-state index in [1.165, 1.54) is 0 Å². The third-order valence-corrected chi connectivity index (χ3v) is 6.42. The number of pyridine rings is 1. The molecule has 0 radical (unpaired) electrons. The Bertz CT molecular complexity index is 1190. The molecule has 0 bridgehead atoms. The van der Waals surface area contributed by atoms with Gasteiger partial charge in [0.15, 0.2) is 0 Å². The molecule has 0 spiro atoms. The van der Waals surface area contributed by atoms with Gasteiger partial charge in [-0.3, -0.25) is 9.78 Å². The van der Waals surface area contributed by atoms with Crippen LogP contribution in [0.15, 0.2) is 36.7 Å². The highest BCUT2D eigenvalue weighted by Crippen LogP contribution is 2.41. The van der Waals surface area contributed by atoms with Crippen molar-refractivity contribution in [1.29, 1.82) is 0 Å². The Morgan fingerprint density at radius 1 is 1.29 bits per heavy atom. The zero-order valence-electron chi connectivity index (χ0n) is 18.9. The standard InChI is InChI=1S/C25H27ClN4O4/c1-2-16-18(26)4-3-5-19(16)29-24-22-20(7-9-28-25(22)31)30-23(24)17-6-8-27-12-21(17)34-14-15-13-32-10-11-33-15/h3-6,8,12,15,29-30H,2,7,9-11,13-14H2,1H3,(H,28,31)/t15-/m0/s1. The fourth-order valence-corrected chi connectivity index (χ4v) is 4.70. The molecule has 8 nitrogen and oxygen atoms in total. The number of carbonyl (C=O) groups is 1. The topological polar surface area (TPSA) is 97.5 Å². The molecule has 178 valence electrons. The van der Waals surface area contributed by atoms with Crippen LogP contribution in [0.3, 0.4) is 0 Å². The van der Waals surface area contributed by atoms with Gasteiger partial charge in [-0.15, -0.1) is 0 Å². The Morgan fingerprint density at radius 3 is 3.03 bits per heavy atom. The number of anilines is 2. The number of fused-ring (bicyclic) bond motifs is 1. The van der Waals surface area contributed by atoms with Gasteiger partial charge in [-0.05, 0) is 30.2 Å². The molecule has 2 aliphatic heterocycles. The summed E-state index contributed by atoms with van der Waals surface area (Å²) in [5.41, 5.74) is 5.60. The van der Waals surface area contributed by atoms with Gasteiger partial charge in [-0.1, -0.05) is 24.6 Å². The quantitative estimate of drug-likeness (QED) is 0.468. The first-order valence-corrected chi connectivity index (χ1v) is 11.9. The monoisotopic (exact) mass is 482 g/mol. The zero-order chi connectivity index (χ0) is 23.5. The average Bonchev–Trinajstić information content (AvgIpc) is 3.23. The van der Waals surface area contributed by atoms with Gasteiger partial charge in [-0.25, -0.2) is 0 Å². The van der Waals surface area contributed by atoms with E-state index in [0.29, 0.717) is 61.4 Å². The minimum atomic E-state index is -0.138. The van der Waals surface area contributed by atoms with Crippen LogP contribution in [0.1, 0.15) is 28.5 Å². The van der Waals surface area contributed by atoms with E-state index in [1.54, 1.807) is 12.4 Å². The molecule has 34 heavy (non-hydrogen) atoms. The number of benzene rings is 1. The lowest BCUT2D eigenvalue weighted by Crippen LogP contribution is -2.33. The molecule has 0 aliphatic carbocycles. The third-order valence-electron chi connectivity index (χ3n) is 6.06. The maximum Gasteiger partial charge on any atom is 0.255 e. The Kier molecular flexibility index (Phi) is 6.71. The van der Waals surface area contributed by atoms with Crippen LogP contribution in [0.25, 0.3) is 11.3 Å². The van der Waals surface area contributed by atoms with Crippen molar-refractivity contribution in [3.63, 3.8) is 0 Å². The number of nitrogens with one attached hydrogen (secondary N) is 3. The first kappa shape index (κ1) is 22.7. The predicted octanol–water partition coefficient (Wildman–Crippen LogP) is 4.12. The fourth-order valence-electron chi connectivity index (χ4n) is 4.39. The number of H-pyrrole nitrogens is 1. The van der Waals surface area contributed by atoms with Crippen molar-refractivity contribution in [3.05, 3.63) is 58.5 Å². The summed E-state index contributed by atoms with van der Waals surface area (Å²) in [7, 11) is 0. The van der Waals surface area contributed by atoms with Crippen molar-refractivity contribution in [1.82, 2.24) is 15.3 Å². The molecule has 1 atom stereocenters. The van der Waals surface area contributed by atoms with E-state index in [-0.39, 0.29) is 12.0 Å². The van der Waals surface area contributed by atoms with E-state index >= 15 is 0 Å². The van der Waals surface area contributed by atoms with Gasteiger partial charge < -0.3 is 29.8 Å². The second kappa shape index (κ2) is 10.0. The molecular weight excluding hydrogens is 456 g/mol. The number of aromatic amines is 1. The summed E-state index contributed by atoms with van der Waals surface area (Å²) in [6, 6.07) is 7.62. The number of hydrogen-bond donors (Lipinski definition) is 3. The summed E-state index contributed by atoms with van der Waals surface area (Å²) >= 11 is 6.46.